The summed E-state index contributed by atoms with van der Waals surface area (Å²) < 4.78 is 0. The molecule has 0 aromatic rings. The predicted molar refractivity (Wildman–Crippen MR) is 77.0 cm³/mol. The number of allylic oxidation sites excluding steroid dienone is 2. The summed E-state index contributed by atoms with van der Waals surface area (Å²) >= 11 is 0. The molecule has 3 nitrogen and oxygen atoms in total. The maximum Gasteiger partial charge on any atom is 0.320 e. The zero-order valence-corrected chi connectivity index (χ0v) is 12.1. The lowest BCUT2D eigenvalue weighted by Gasteiger charge is -2.48. The van der Waals surface area contributed by atoms with Gasteiger partial charge in [0.15, 0.2) is 0 Å². The van der Waals surface area contributed by atoms with Crippen molar-refractivity contribution in [3.63, 3.8) is 0 Å². The van der Waals surface area contributed by atoms with Crippen LogP contribution in [0, 0.1) is 11.3 Å². The Kier molecular flexibility index (Phi) is 3.55. The molecule has 1 aliphatic carbocycles. The molecule has 2 fully saturated rings. The first-order chi connectivity index (χ1) is 9.21. The zero-order valence-electron chi connectivity index (χ0n) is 12.1. The molecule has 106 valence electrons. The Labute approximate surface area is 116 Å². The maximum atomic E-state index is 12.6. The average molecular weight is 262 g/mol. The number of nitrogens with zero attached hydrogens (tertiary/aromatic N) is 2. The number of rotatable bonds is 0. The number of hydrogen-bond donors (Lipinski definition) is 0. The number of hydrogen-bond acceptors (Lipinski definition) is 1. The standard InChI is InChI=1S/C16H26N2O/c1-14-7-2-3-8-16(14)9-6-12-18(13-16)15(19)17-10-4-5-11-17/h2-3,14H,4-13H2,1H3. The van der Waals surface area contributed by atoms with Gasteiger partial charge in [-0.3, -0.25) is 0 Å². The maximum absolute atomic E-state index is 12.6. The minimum atomic E-state index is 0.304. The summed E-state index contributed by atoms with van der Waals surface area (Å²) in [5.74, 6) is 0.715. The fourth-order valence-corrected chi connectivity index (χ4v) is 4.07. The first-order valence-corrected chi connectivity index (χ1v) is 7.90. The minimum absolute atomic E-state index is 0.304. The summed E-state index contributed by atoms with van der Waals surface area (Å²) in [6, 6.07) is 0.304. The fourth-order valence-electron chi connectivity index (χ4n) is 4.07. The van der Waals surface area contributed by atoms with Gasteiger partial charge >= 0.3 is 6.03 Å². The van der Waals surface area contributed by atoms with Crippen LogP contribution in [0.25, 0.3) is 0 Å². The molecule has 0 aromatic carbocycles. The third-order valence-corrected chi connectivity index (χ3v) is 5.48. The van der Waals surface area contributed by atoms with Gasteiger partial charge in [0.05, 0.1) is 0 Å². The van der Waals surface area contributed by atoms with E-state index in [4.69, 9.17) is 0 Å². The van der Waals surface area contributed by atoms with E-state index in [1.54, 1.807) is 0 Å². The Hall–Kier alpha value is -0.990. The second kappa shape index (κ2) is 5.18. The van der Waals surface area contributed by atoms with Crippen LogP contribution in [0.15, 0.2) is 12.2 Å². The van der Waals surface area contributed by atoms with E-state index in [1.807, 2.05) is 0 Å². The van der Waals surface area contributed by atoms with Crippen LogP contribution in [0.1, 0.15) is 45.4 Å². The zero-order chi connectivity index (χ0) is 13.3. The highest BCUT2D eigenvalue weighted by Crippen LogP contribution is 2.45. The molecule has 2 aliphatic heterocycles. The molecule has 19 heavy (non-hydrogen) atoms. The van der Waals surface area contributed by atoms with E-state index in [-0.39, 0.29) is 0 Å². The molecule has 3 heteroatoms. The summed E-state index contributed by atoms with van der Waals surface area (Å²) in [7, 11) is 0. The summed E-state index contributed by atoms with van der Waals surface area (Å²) in [5.41, 5.74) is 0.363. The third kappa shape index (κ3) is 2.39. The van der Waals surface area contributed by atoms with E-state index >= 15 is 0 Å². The lowest BCUT2D eigenvalue weighted by molar-refractivity contribution is 0.0472. The topological polar surface area (TPSA) is 23.6 Å². The molecular weight excluding hydrogens is 236 g/mol. The summed E-state index contributed by atoms with van der Waals surface area (Å²) in [4.78, 5) is 16.8. The van der Waals surface area contributed by atoms with Crippen molar-refractivity contribution in [1.29, 1.82) is 0 Å². The quantitative estimate of drug-likeness (QED) is 0.615. The van der Waals surface area contributed by atoms with E-state index in [0.717, 1.165) is 32.6 Å². The average Bonchev–Trinajstić information content (AvgIpc) is 2.96. The van der Waals surface area contributed by atoms with Crippen molar-refractivity contribution in [3.8, 4) is 0 Å². The molecule has 2 atom stereocenters. The van der Waals surface area contributed by atoms with Gasteiger partial charge in [-0.2, -0.15) is 0 Å². The number of amides is 2. The van der Waals surface area contributed by atoms with Crippen LogP contribution in [-0.2, 0) is 0 Å². The predicted octanol–water partition coefficient (Wildman–Crippen LogP) is 3.27. The van der Waals surface area contributed by atoms with Gasteiger partial charge in [-0.25, -0.2) is 4.79 Å². The highest BCUT2D eigenvalue weighted by atomic mass is 16.2. The van der Waals surface area contributed by atoms with Crippen molar-refractivity contribution < 1.29 is 4.79 Å². The highest BCUT2D eigenvalue weighted by Gasteiger charge is 2.42. The number of carbonyl (C=O) groups excluding carboxylic acids is 1. The van der Waals surface area contributed by atoms with Crippen molar-refractivity contribution in [2.45, 2.75) is 45.4 Å². The molecule has 3 aliphatic rings. The molecule has 0 bridgehead atoms. The normalized spacial score (nSPS) is 35.1. The molecule has 0 radical (unpaired) electrons. The van der Waals surface area contributed by atoms with Gasteiger partial charge in [-0.1, -0.05) is 19.1 Å². The number of carbonyl (C=O) groups is 1. The number of urea groups is 1. The molecule has 3 rings (SSSR count). The Morgan fingerprint density at radius 2 is 1.84 bits per heavy atom. The van der Waals surface area contributed by atoms with Gasteiger partial charge in [0.2, 0.25) is 0 Å². The minimum Gasteiger partial charge on any atom is -0.325 e. The monoisotopic (exact) mass is 262 g/mol. The van der Waals surface area contributed by atoms with Crippen molar-refractivity contribution in [2.24, 2.45) is 11.3 Å². The molecule has 2 unspecified atom stereocenters. The van der Waals surface area contributed by atoms with Gasteiger partial charge in [0, 0.05) is 26.2 Å². The molecule has 2 amide bonds. The van der Waals surface area contributed by atoms with E-state index in [1.165, 1.54) is 32.1 Å². The fraction of sp³-hybridized carbons (Fsp3) is 0.812. The molecule has 2 heterocycles. The van der Waals surface area contributed by atoms with Gasteiger partial charge in [-0.15, -0.1) is 0 Å². The molecular formula is C16H26N2O. The van der Waals surface area contributed by atoms with Crippen molar-refractivity contribution in [3.05, 3.63) is 12.2 Å². The van der Waals surface area contributed by atoms with E-state index < -0.39 is 0 Å². The van der Waals surface area contributed by atoms with Crippen LogP contribution < -0.4 is 0 Å². The SMILES string of the molecule is CC1CC=CCC12CCCN(C(=O)N1CCCC1)C2. The second-order valence-electron chi connectivity index (χ2n) is 6.68. The van der Waals surface area contributed by atoms with Crippen molar-refractivity contribution in [1.82, 2.24) is 9.80 Å². The molecule has 0 saturated carbocycles. The van der Waals surface area contributed by atoms with E-state index in [2.05, 4.69) is 28.9 Å². The van der Waals surface area contributed by atoms with Gasteiger partial charge in [-0.05, 0) is 49.9 Å². The van der Waals surface area contributed by atoms with Crippen LogP contribution in [0.2, 0.25) is 0 Å². The van der Waals surface area contributed by atoms with Crippen LogP contribution in [-0.4, -0.2) is 42.0 Å². The highest BCUT2D eigenvalue weighted by molar-refractivity contribution is 5.75. The Morgan fingerprint density at radius 1 is 1.11 bits per heavy atom. The van der Waals surface area contributed by atoms with Gasteiger partial charge in [0.25, 0.3) is 0 Å². The lowest BCUT2D eigenvalue weighted by Crippen LogP contribution is -2.52. The Balaban J connectivity index is 1.70. The molecule has 1 spiro atoms. The Morgan fingerprint density at radius 3 is 2.58 bits per heavy atom. The van der Waals surface area contributed by atoms with Crippen LogP contribution in [0.3, 0.4) is 0 Å². The smallest absolute Gasteiger partial charge is 0.320 e. The largest absolute Gasteiger partial charge is 0.325 e. The van der Waals surface area contributed by atoms with Crippen molar-refractivity contribution in [2.75, 3.05) is 26.2 Å². The third-order valence-electron chi connectivity index (χ3n) is 5.48. The van der Waals surface area contributed by atoms with Gasteiger partial charge in [0.1, 0.15) is 0 Å². The lowest BCUT2D eigenvalue weighted by atomic mass is 9.65. The number of piperidine rings is 1. The van der Waals surface area contributed by atoms with E-state index in [9.17, 15) is 4.79 Å². The first-order valence-electron chi connectivity index (χ1n) is 7.90. The Bertz CT molecular complexity index is 373. The van der Waals surface area contributed by atoms with Crippen LogP contribution in [0.4, 0.5) is 4.79 Å². The number of likely N-dealkylation sites (tertiary alicyclic amines) is 2. The summed E-state index contributed by atoms with van der Waals surface area (Å²) in [6.45, 7) is 6.25. The van der Waals surface area contributed by atoms with Crippen LogP contribution in [0.5, 0.6) is 0 Å². The molecule has 0 aromatic heterocycles. The first kappa shape index (κ1) is 13.0. The molecule has 0 N–H and O–H groups in total. The second-order valence-corrected chi connectivity index (χ2v) is 6.68. The van der Waals surface area contributed by atoms with E-state index in [0.29, 0.717) is 17.4 Å². The van der Waals surface area contributed by atoms with Crippen LogP contribution >= 0.6 is 0 Å². The van der Waals surface area contributed by atoms with Crippen molar-refractivity contribution >= 4 is 6.03 Å². The summed E-state index contributed by atoms with van der Waals surface area (Å²) in [5, 5.41) is 0. The molecule has 2 saturated heterocycles. The summed E-state index contributed by atoms with van der Waals surface area (Å²) in [6.07, 6.45) is 11.8. The van der Waals surface area contributed by atoms with Gasteiger partial charge < -0.3 is 9.80 Å².